The maximum Gasteiger partial charge on any atom is 0.224 e. The fourth-order valence-corrected chi connectivity index (χ4v) is 2.55. The molecular weight excluding hydrogens is 292 g/mol. The van der Waals surface area contributed by atoms with Crippen LogP contribution in [-0.2, 0) is 9.47 Å². The van der Waals surface area contributed by atoms with Crippen LogP contribution in [0.5, 0.6) is 0 Å². The Labute approximate surface area is 119 Å². The van der Waals surface area contributed by atoms with E-state index < -0.39 is 67.8 Å². The van der Waals surface area contributed by atoms with E-state index in [4.69, 9.17) is 14.6 Å². The number of rotatable bonds is 2. The molecule has 0 aliphatic carbocycles. The summed E-state index contributed by atoms with van der Waals surface area (Å²) in [6.07, 6.45) is -13.6. The fourth-order valence-electron chi connectivity index (χ4n) is 2.55. The highest BCUT2D eigenvalue weighted by Crippen LogP contribution is 2.35. The maximum atomic E-state index is 10.3. The molecule has 0 aromatic rings. The molecule has 0 bridgehead atoms. The summed E-state index contributed by atoms with van der Waals surface area (Å²) in [5.41, 5.74) is 0. The number of hydrogen-bond donors (Lipinski definition) is 8. The van der Waals surface area contributed by atoms with Gasteiger partial charge in [0.1, 0.15) is 48.8 Å². The molecule has 124 valence electrons. The second-order valence-electron chi connectivity index (χ2n) is 5.32. The molecule has 10 heteroatoms. The largest absolute Gasteiger partial charge is 0.394 e. The molecule has 2 saturated heterocycles. The van der Waals surface area contributed by atoms with E-state index in [-0.39, 0.29) is 0 Å². The first-order chi connectivity index (χ1) is 9.74. The fraction of sp³-hybridized carbons (Fsp3) is 1.00. The standard InChI is InChI=1S/C11H20O10/c12-1-4-6(15)7(16)8(17)10(21-4)11(19)9(18)5(14)3(13)2-20-11/h3-10,12-19H,1-2H2/t3-,4-,5+,6-,7+,8+,9-,10-,11+/m1/s1. The molecule has 0 saturated carbocycles. The van der Waals surface area contributed by atoms with Crippen LogP contribution in [0.25, 0.3) is 0 Å². The van der Waals surface area contributed by atoms with Crippen molar-refractivity contribution in [1.29, 1.82) is 0 Å². The van der Waals surface area contributed by atoms with Gasteiger partial charge in [-0.15, -0.1) is 0 Å². The highest BCUT2D eigenvalue weighted by Gasteiger charge is 2.60. The van der Waals surface area contributed by atoms with Crippen molar-refractivity contribution in [3.05, 3.63) is 0 Å². The third kappa shape index (κ3) is 2.68. The Morgan fingerprint density at radius 1 is 0.905 bits per heavy atom. The van der Waals surface area contributed by atoms with Crippen LogP contribution >= 0.6 is 0 Å². The number of ether oxygens (including phenoxy) is 2. The van der Waals surface area contributed by atoms with E-state index in [0.29, 0.717) is 0 Å². The molecular formula is C11H20O10. The van der Waals surface area contributed by atoms with Crippen molar-refractivity contribution in [1.82, 2.24) is 0 Å². The topological polar surface area (TPSA) is 180 Å². The van der Waals surface area contributed by atoms with Crippen LogP contribution in [0.15, 0.2) is 0 Å². The summed E-state index contributed by atoms with van der Waals surface area (Å²) in [7, 11) is 0. The van der Waals surface area contributed by atoms with Gasteiger partial charge in [-0.3, -0.25) is 0 Å². The lowest BCUT2D eigenvalue weighted by Crippen LogP contribution is -2.73. The van der Waals surface area contributed by atoms with E-state index in [1.165, 1.54) is 0 Å². The van der Waals surface area contributed by atoms with Crippen LogP contribution in [0.3, 0.4) is 0 Å². The van der Waals surface area contributed by atoms with Gasteiger partial charge in [-0.1, -0.05) is 0 Å². The molecule has 2 heterocycles. The lowest BCUT2D eigenvalue weighted by Gasteiger charge is -2.50. The molecule has 10 nitrogen and oxygen atoms in total. The molecule has 0 amide bonds. The Balaban J connectivity index is 2.26. The lowest BCUT2D eigenvalue weighted by molar-refractivity contribution is -0.389. The lowest BCUT2D eigenvalue weighted by atomic mass is 9.85. The Bertz CT molecular complexity index is 365. The summed E-state index contributed by atoms with van der Waals surface area (Å²) in [4.78, 5) is 0. The SMILES string of the molecule is OC[C@H]1O[C@@H]([C@@]2(O)OC[C@@H](O)[C@H](O)[C@H]2O)[C@@H](O)[C@@H](O)[C@@H]1O. The van der Waals surface area contributed by atoms with Crippen LogP contribution < -0.4 is 0 Å². The number of aliphatic hydroxyl groups excluding tert-OH is 7. The van der Waals surface area contributed by atoms with Gasteiger partial charge in [0.25, 0.3) is 0 Å². The van der Waals surface area contributed by atoms with Gasteiger partial charge in [0.15, 0.2) is 0 Å². The molecule has 2 aliphatic heterocycles. The summed E-state index contributed by atoms with van der Waals surface area (Å²) in [6.45, 7) is -1.28. The van der Waals surface area contributed by atoms with Crippen molar-refractivity contribution in [2.24, 2.45) is 0 Å². The summed E-state index contributed by atoms with van der Waals surface area (Å²) < 4.78 is 9.97. The second kappa shape index (κ2) is 6.01. The van der Waals surface area contributed by atoms with Crippen molar-refractivity contribution in [2.75, 3.05) is 13.2 Å². The van der Waals surface area contributed by atoms with Crippen molar-refractivity contribution < 1.29 is 50.3 Å². The van der Waals surface area contributed by atoms with Crippen LogP contribution in [0.2, 0.25) is 0 Å². The second-order valence-corrected chi connectivity index (χ2v) is 5.32. The molecule has 2 aliphatic rings. The van der Waals surface area contributed by atoms with Gasteiger partial charge in [-0.2, -0.15) is 0 Å². The van der Waals surface area contributed by atoms with Crippen molar-refractivity contribution in [3.63, 3.8) is 0 Å². The minimum Gasteiger partial charge on any atom is -0.394 e. The summed E-state index contributed by atoms with van der Waals surface area (Å²) in [5, 5.41) is 77.4. The first-order valence-electron chi connectivity index (χ1n) is 6.45. The average Bonchev–Trinajstić information content (AvgIpc) is 2.47. The monoisotopic (exact) mass is 312 g/mol. The van der Waals surface area contributed by atoms with Crippen molar-refractivity contribution >= 4 is 0 Å². The quantitative estimate of drug-likeness (QED) is 0.245. The van der Waals surface area contributed by atoms with Crippen LogP contribution in [0.4, 0.5) is 0 Å². The zero-order valence-corrected chi connectivity index (χ0v) is 10.9. The third-order valence-electron chi connectivity index (χ3n) is 3.93. The summed E-state index contributed by atoms with van der Waals surface area (Å²) >= 11 is 0. The molecule has 2 rings (SSSR count). The number of aliphatic hydroxyl groups is 8. The minimum atomic E-state index is -2.63. The molecule has 0 aromatic heterocycles. The molecule has 2 fully saturated rings. The van der Waals surface area contributed by atoms with Crippen LogP contribution in [0.1, 0.15) is 0 Å². The van der Waals surface area contributed by atoms with E-state index in [2.05, 4.69) is 0 Å². The van der Waals surface area contributed by atoms with Crippen molar-refractivity contribution in [2.45, 2.75) is 54.6 Å². The highest BCUT2D eigenvalue weighted by atomic mass is 16.7. The van der Waals surface area contributed by atoms with E-state index in [1.807, 2.05) is 0 Å². The van der Waals surface area contributed by atoms with E-state index in [0.717, 1.165) is 0 Å². The zero-order valence-electron chi connectivity index (χ0n) is 10.9. The first kappa shape index (κ1) is 17.0. The minimum absolute atomic E-state index is 0.552. The van der Waals surface area contributed by atoms with Crippen molar-refractivity contribution in [3.8, 4) is 0 Å². The Hall–Kier alpha value is -0.400. The van der Waals surface area contributed by atoms with E-state index in [1.54, 1.807) is 0 Å². The number of hydrogen-bond acceptors (Lipinski definition) is 10. The first-order valence-corrected chi connectivity index (χ1v) is 6.45. The molecule has 0 radical (unpaired) electrons. The zero-order chi connectivity index (χ0) is 15.9. The van der Waals surface area contributed by atoms with E-state index in [9.17, 15) is 35.7 Å². The van der Waals surface area contributed by atoms with Gasteiger partial charge in [0.2, 0.25) is 5.79 Å². The smallest absolute Gasteiger partial charge is 0.224 e. The Morgan fingerprint density at radius 2 is 1.52 bits per heavy atom. The molecule has 21 heavy (non-hydrogen) atoms. The molecule has 0 spiro atoms. The predicted molar refractivity (Wildman–Crippen MR) is 62.7 cm³/mol. The maximum absolute atomic E-state index is 10.3. The predicted octanol–water partition coefficient (Wildman–Crippen LogP) is -5.37. The van der Waals surface area contributed by atoms with Gasteiger partial charge in [-0.05, 0) is 0 Å². The van der Waals surface area contributed by atoms with Gasteiger partial charge in [-0.25, -0.2) is 0 Å². The van der Waals surface area contributed by atoms with Gasteiger partial charge in [0.05, 0.1) is 13.2 Å². The normalized spacial score (nSPS) is 55.4. The Kier molecular flexibility index (Phi) is 4.85. The third-order valence-corrected chi connectivity index (χ3v) is 3.93. The van der Waals surface area contributed by atoms with E-state index >= 15 is 0 Å². The van der Waals surface area contributed by atoms with Crippen LogP contribution in [0, 0.1) is 0 Å². The van der Waals surface area contributed by atoms with Crippen LogP contribution in [-0.4, -0.2) is 109 Å². The molecule has 8 N–H and O–H groups in total. The summed E-state index contributed by atoms with van der Waals surface area (Å²) in [5.74, 6) is -2.63. The highest BCUT2D eigenvalue weighted by molar-refractivity contribution is 5.04. The molecule has 0 aromatic carbocycles. The molecule has 9 atom stereocenters. The summed E-state index contributed by atoms with van der Waals surface area (Å²) in [6, 6.07) is 0. The average molecular weight is 312 g/mol. The van der Waals surface area contributed by atoms with Gasteiger partial charge in [0, 0.05) is 0 Å². The van der Waals surface area contributed by atoms with Gasteiger partial charge >= 0.3 is 0 Å². The Morgan fingerprint density at radius 3 is 2.10 bits per heavy atom. The molecule has 0 unspecified atom stereocenters. The van der Waals surface area contributed by atoms with Gasteiger partial charge < -0.3 is 50.3 Å².